The zero-order valence-corrected chi connectivity index (χ0v) is 11.9. The second kappa shape index (κ2) is 5.97. The van der Waals surface area contributed by atoms with Crippen molar-refractivity contribution in [3.05, 3.63) is 59.7 Å². The van der Waals surface area contributed by atoms with E-state index in [4.69, 9.17) is 4.74 Å². The SMILES string of the molecule is COc1ccc(CCNC2C(=O)Nc3ccccc32)cc1. The highest BCUT2D eigenvalue weighted by molar-refractivity contribution is 6.02. The molecule has 4 nitrogen and oxygen atoms in total. The van der Waals surface area contributed by atoms with Gasteiger partial charge in [-0.25, -0.2) is 0 Å². The summed E-state index contributed by atoms with van der Waals surface area (Å²) in [5, 5.41) is 6.21. The highest BCUT2D eigenvalue weighted by Crippen LogP contribution is 2.29. The molecule has 2 N–H and O–H groups in total. The van der Waals surface area contributed by atoms with Crippen LogP contribution in [0.2, 0.25) is 0 Å². The summed E-state index contributed by atoms with van der Waals surface area (Å²) >= 11 is 0. The molecule has 0 aliphatic carbocycles. The number of anilines is 1. The van der Waals surface area contributed by atoms with E-state index in [0.29, 0.717) is 0 Å². The first-order valence-electron chi connectivity index (χ1n) is 7.04. The molecule has 3 rings (SSSR count). The summed E-state index contributed by atoms with van der Waals surface area (Å²) in [5.74, 6) is 0.877. The van der Waals surface area contributed by atoms with E-state index in [2.05, 4.69) is 10.6 Å². The van der Waals surface area contributed by atoms with E-state index < -0.39 is 0 Å². The predicted octanol–water partition coefficient (Wildman–Crippen LogP) is 2.52. The molecule has 2 aromatic rings. The molecule has 1 atom stereocenters. The van der Waals surface area contributed by atoms with Crippen LogP contribution in [0.15, 0.2) is 48.5 Å². The van der Waals surface area contributed by atoms with Gasteiger partial charge in [-0.3, -0.25) is 4.79 Å². The fourth-order valence-electron chi connectivity index (χ4n) is 2.56. The van der Waals surface area contributed by atoms with Crippen LogP contribution < -0.4 is 15.4 Å². The van der Waals surface area contributed by atoms with E-state index in [1.165, 1.54) is 5.56 Å². The molecule has 108 valence electrons. The van der Waals surface area contributed by atoms with Crippen LogP contribution in [0.3, 0.4) is 0 Å². The summed E-state index contributed by atoms with van der Waals surface area (Å²) in [7, 11) is 1.66. The van der Waals surface area contributed by atoms with Crippen LogP contribution in [0.5, 0.6) is 5.75 Å². The minimum atomic E-state index is -0.251. The predicted molar refractivity (Wildman–Crippen MR) is 82.5 cm³/mol. The smallest absolute Gasteiger partial charge is 0.246 e. The summed E-state index contributed by atoms with van der Waals surface area (Å²) in [6.45, 7) is 0.749. The zero-order valence-electron chi connectivity index (χ0n) is 11.9. The molecule has 0 aromatic heterocycles. The van der Waals surface area contributed by atoms with Crippen molar-refractivity contribution in [1.82, 2.24) is 5.32 Å². The summed E-state index contributed by atoms with van der Waals surface area (Å²) in [4.78, 5) is 12.0. The average molecular weight is 282 g/mol. The number of hydrogen-bond donors (Lipinski definition) is 2. The lowest BCUT2D eigenvalue weighted by atomic mass is 10.1. The monoisotopic (exact) mass is 282 g/mol. The van der Waals surface area contributed by atoms with Gasteiger partial charge in [0.25, 0.3) is 0 Å². The molecule has 4 heteroatoms. The van der Waals surface area contributed by atoms with Gasteiger partial charge in [0.1, 0.15) is 11.8 Å². The number of amides is 1. The van der Waals surface area contributed by atoms with Gasteiger partial charge in [0.15, 0.2) is 0 Å². The van der Waals surface area contributed by atoms with Gasteiger partial charge in [-0.05, 0) is 30.2 Å². The maximum atomic E-state index is 12.0. The Morgan fingerprint density at radius 3 is 2.67 bits per heavy atom. The molecule has 1 amide bonds. The number of carbonyl (C=O) groups excluding carboxylic acids is 1. The van der Waals surface area contributed by atoms with E-state index >= 15 is 0 Å². The molecule has 1 unspecified atom stereocenters. The van der Waals surface area contributed by atoms with Crippen molar-refractivity contribution in [1.29, 1.82) is 0 Å². The quantitative estimate of drug-likeness (QED) is 0.886. The molecule has 0 saturated carbocycles. The zero-order chi connectivity index (χ0) is 14.7. The molecule has 1 aliphatic heterocycles. The van der Waals surface area contributed by atoms with E-state index in [9.17, 15) is 4.79 Å². The van der Waals surface area contributed by atoms with Crippen molar-refractivity contribution >= 4 is 11.6 Å². The number of nitrogens with one attached hydrogen (secondary N) is 2. The van der Waals surface area contributed by atoms with Gasteiger partial charge in [0, 0.05) is 17.8 Å². The minimum absolute atomic E-state index is 0.0194. The van der Waals surface area contributed by atoms with Crippen LogP contribution in [0.1, 0.15) is 17.2 Å². The van der Waals surface area contributed by atoms with Crippen LogP contribution in [0.4, 0.5) is 5.69 Å². The maximum Gasteiger partial charge on any atom is 0.246 e. The van der Waals surface area contributed by atoms with Crippen molar-refractivity contribution in [2.45, 2.75) is 12.5 Å². The van der Waals surface area contributed by atoms with Gasteiger partial charge >= 0.3 is 0 Å². The third-order valence-electron chi connectivity index (χ3n) is 3.71. The van der Waals surface area contributed by atoms with Crippen LogP contribution in [-0.2, 0) is 11.2 Å². The third-order valence-corrected chi connectivity index (χ3v) is 3.71. The van der Waals surface area contributed by atoms with Crippen LogP contribution >= 0.6 is 0 Å². The number of benzene rings is 2. The first-order chi connectivity index (χ1) is 10.3. The molecule has 0 bridgehead atoms. The van der Waals surface area contributed by atoms with Crippen LogP contribution in [0, 0.1) is 0 Å². The largest absolute Gasteiger partial charge is 0.497 e. The van der Waals surface area contributed by atoms with Crippen LogP contribution in [0.25, 0.3) is 0 Å². The lowest BCUT2D eigenvalue weighted by Crippen LogP contribution is -2.29. The fourth-order valence-corrected chi connectivity index (χ4v) is 2.56. The number of carbonyl (C=O) groups is 1. The number of fused-ring (bicyclic) bond motifs is 1. The highest BCUT2D eigenvalue weighted by Gasteiger charge is 2.29. The Balaban J connectivity index is 1.59. The van der Waals surface area contributed by atoms with Crippen molar-refractivity contribution in [2.24, 2.45) is 0 Å². The molecule has 1 heterocycles. The first kappa shape index (κ1) is 13.6. The number of para-hydroxylation sites is 1. The maximum absolute atomic E-state index is 12.0. The topological polar surface area (TPSA) is 50.4 Å². The van der Waals surface area contributed by atoms with Gasteiger partial charge in [0.05, 0.1) is 7.11 Å². The Bertz CT molecular complexity index is 637. The van der Waals surface area contributed by atoms with Gasteiger partial charge in [-0.2, -0.15) is 0 Å². The fraction of sp³-hybridized carbons (Fsp3) is 0.235. The molecule has 0 spiro atoms. The van der Waals surface area contributed by atoms with Gasteiger partial charge in [0.2, 0.25) is 5.91 Å². The summed E-state index contributed by atoms with van der Waals surface area (Å²) in [6.07, 6.45) is 0.871. The molecule has 0 radical (unpaired) electrons. The Kier molecular flexibility index (Phi) is 3.88. The summed E-state index contributed by atoms with van der Waals surface area (Å²) in [5.41, 5.74) is 3.15. The van der Waals surface area contributed by atoms with Crippen molar-refractivity contribution in [3.8, 4) is 5.75 Å². The Morgan fingerprint density at radius 1 is 1.14 bits per heavy atom. The Labute approximate surface area is 124 Å². The Morgan fingerprint density at radius 2 is 1.90 bits per heavy atom. The lowest BCUT2D eigenvalue weighted by molar-refractivity contribution is -0.117. The van der Waals surface area contributed by atoms with Crippen LogP contribution in [-0.4, -0.2) is 19.6 Å². The first-order valence-corrected chi connectivity index (χ1v) is 7.04. The molecule has 21 heavy (non-hydrogen) atoms. The van der Waals surface area contributed by atoms with Gasteiger partial charge < -0.3 is 15.4 Å². The molecule has 0 saturated heterocycles. The summed E-state index contributed by atoms with van der Waals surface area (Å²) < 4.78 is 5.14. The Hall–Kier alpha value is -2.33. The molecule has 0 fully saturated rings. The number of methoxy groups -OCH3 is 1. The van der Waals surface area contributed by atoms with E-state index in [-0.39, 0.29) is 11.9 Å². The van der Waals surface area contributed by atoms with Crippen molar-refractivity contribution < 1.29 is 9.53 Å². The van der Waals surface area contributed by atoms with E-state index in [0.717, 1.165) is 30.0 Å². The van der Waals surface area contributed by atoms with Crippen molar-refractivity contribution in [3.63, 3.8) is 0 Å². The second-order valence-corrected chi connectivity index (χ2v) is 5.06. The number of hydrogen-bond acceptors (Lipinski definition) is 3. The summed E-state index contributed by atoms with van der Waals surface area (Å²) in [6, 6.07) is 15.5. The molecular formula is C17H18N2O2. The normalized spacial score (nSPS) is 16.4. The van der Waals surface area contributed by atoms with E-state index in [1.54, 1.807) is 7.11 Å². The average Bonchev–Trinajstić information content (AvgIpc) is 2.84. The third kappa shape index (κ3) is 2.90. The van der Waals surface area contributed by atoms with E-state index in [1.807, 2.05) is 48.5 Å². The van der Waals surface area contributed by atoms with Gasteiger partial charge in [-0.1, -0.05) is 30.3 Å². The number of rotatable bonds is 5. The molecule has 2 aromatic carbocycles. The molecule has 1 aliphatic rings. The standard InChI is InChI=1S/C17H18N2O2/c1-21-13-8-6-12(7-9-13)10-11-18-16-14-4-2-3-5-15(14)19-17(16)20/h2-9,16,18H,10-11H2,1H3,(H,19,20). The van der Waals surface area contributed by atoms with Crippen molar-refractivity contribution in [2.75, 3.05) is 19.0 Å². The lowest BCUT2D eigenvalue weighted by Gasteiger charge is -2.11. The van der Waals surface area contributed by atoms with Gasteiger partial charge in [-0.15, -0.1) is 0 Å². The minimum Gasteiger partial charge on any atom is -0.497 e. The molecular weight excluding hydrogens is 264 g/mol. The highest BCUT2D eigenvalue weighted by atomic mass is 16.5. The second-order valence-electron chi connectivity index (χ2n) is 5.06. The number of ether oxygens (including phenoxy) is 1.